The van der Waals surface area contributed by atoms with Gasteiger partial charge in [0, 0.05) is 18.7 Å². The van der Waals surface area contributed by atoms with Gasteiger partial charge < -0.3 is 4.74 Å². The van der Waals surface area contributed by atoms with E-state index in [2.05, 4.69) is 5.10 Å². The first-order valence-electron chi connectivity index (χ1n) is 5.60. The summed E-state index contributed by atoms with van der Waals surface area (Å²) in [5.41, 5.74) is 1.54. The van der Waals surface area contributed by atoms with Gasteiger partial charge in [-0.15, -0.1) is 0 Å². The lowest BCUT2D eigenvalue weighted by molar-refractivity contribution is -0.137. The van der Waals surface area contributed by atoms with Crippen molar-refractivity contribution >= 4 is 23.6 Å². The molecule has 0 aromatic carbocycles. The van der Waals surface area contributed by atoms with Crippen molar-refractivity contribution in [3.8, 4) is 0 Å². The van der Waals surface area contributed by atoms with Crippen LogP contribution in [0.5, 0.6) is 0 Å². The maximum absolute atomic E-state index is 11.3. The molecule has 0 unspecified atom stereocenters. The van der Waals surface area contributed by atoms with Crippen molar-refractivity contribution in [2.75, 3.05) is 6.61 Å². The summed E-state index contributed by atoms with van der Waals surface area (Å²) in [6.45, 7) is 4.34. The normalized spacial score (nSPS) is 11.1. The number of unbranched alkanes of at least 4 members (excludes halogenated alkanes) is 1. The molecule has 94 valence electrons. The Hall–Kier alpha value is -1.29. The van der Waals surface area contributed by atoms with Crippen molar-refractivity contribution in [2.45, 2.75) is 26.7 Å². The van der Waals surface area contributed by atoms with E-state index in [-0.39, 0.29) is 5.97 Å². The first kappa shape index (κ1) is 13.8. The molecule has 1 aromatic rings. The first-order chi connectivity index (χ1) is 8.06. The number of rotatable bonds is 5. The maximum Gasteiger partial charge on any atom is 0.330 e. The number of hydrogen-bond donors (Lipinski definition) is 0. The molecule has 1 heterocycles. The van der Waals surface area contributed by atoms with Gasteiger partial charge in [-0.25, -0.2) is 4.79 Å². The van der Waals surface area contributed by atoms with Crippen molar-refractivity contribution in [3.05, 3.63) is 22.5 Å². The summed E-state index contributed by atoms with van der Waals surface area (Å²) < 4.78 is 6.56. The predicted molar refractivity (Wildman–Crippen MR) is 67.9 cm³/mol. The molecule has 5 heteroatoms. The number of nitrogens with zero attached hydrogens (tertiary/aromatic N) is 2. The van der Waals surface area contributed by atoms with Crippen molar-refractivity contribution < 1.29 is 9.53 Å². The topological polar surface area (TPSA) is 44.1 Å². The van der Waals surface area contributed by atoms with Gasteiger partial charge in [-0.05, 0) is 19.4 Å². The third kappa shape index (κ3) is 3.89. The van der Waals surface area contributed by atoms with Crippen LogP contribution in [0.2, 0.25) is 5.15 Å². The molecule has 0 amide bonds. The van der Waals surface area contributed by atoms with Crippen LogP contribution in [0.15, 0.2) is 6.08 Å². The lowest BCUT2D eigenvalue weighted by Crippen LogP contribution is -2.01. The molecule has 0 bridgehead atoms. The molecule has 0 radical (unpaired) electrons. The van der Waals surface area contributed by atoms with Gasteiger partial charge in [-0.1, -0.05) is 24.9 Å². The van der Waals surface area contributed by atoms with E-state index in [1.165, 1.54) is 6.08 Å². The minimum atomic E-state index is -0.349. The summed E-state index contributed by atoms with van der Waals surface area (Å²) in [4.78, 5) is 11.3. The summed E-state index contributed by atoms with van der Waals surface area (Å²) in [5.74, 6) is -0.349. The molecule has 1 aromatic heterocycles. The summed E-state index contributed by atoms with van der Waals surface area (Å²) in [5, 5.41) is 4.66. The second kappa shape index (κ2) is 6.45. The predicted octanol–water partition coefficient (Wildman–Crippen LogP) is 2.74. The monoisotopic (exact) mass is 256 g/mol. The number of carbonyl (C=O) groups is 1. The van der Waals surface area contributed by atoms with Crippen LogP contribution in [-0.2, 0) is 16.6 Å². The third-order valence-corrected chi connectivity index (χ3v) is 2.77. The van der Waals surface area contributed by atoms with Crippen molar-refractivity contribution in [2.24, 2.45) is 7.05 Å². The smallest absolute Gasteiger partial charge is 0.330 e. The van der Waals surface area contributed by atoms with E-state index < -0.39 is 0 Å². The quantitative estimate of drug-likeness (QED) is 0.462. The number of esters is 1. The number of carbonyl (C=O) groups excluding carboxylic acids is 1. The molecule has 0 aliphatic heterocycles. The van der Waals surface area contributed by atoms with Crippen LogP contribution in [0.25, 0.3) is 6.08 Å². The molecule has 0 fully saturated rings. The molecule has 4 nitrogen and oxygen atoms in total. The molecule has 0 atom stereocenters. The Morgan fingerprint density at radius 3 is 2.82 bits per heavy atom. The van der Waals surface area contributed by atoms with Gasteiger partial charge >= 0.3 is 5.97 Å². The largest absolute Gasteiger partial charge is 0.463 e. The van der Waals surface area contributed by atoms with Crippen LogP contribution in [0.4, 0.5) is 0 Å². The van der Waals surface area contributed by atoms with Crippen LogP contribution in [0.3, 0.4) is 0 Å². The van der Waals surface area contributed by atoms with E-state index in [0.29, 0.717) is 11.8 Å². The van der Waals surface area contributed by atoms with Crippen LogP contribution in [0, 0.1) is 6.92 Å². The summed E-state index contributed by atoms with van der Waals surface area (Å²) in [6.07, 6.45) is 4.90. The zero-order chi connectivity index (χ0) is 12.8. The van der Waals surface area contributed by atoms with Gasteiger partial charge in [0.15, 0.2) is 0 Å². The molecular weight excluding hydrogens is 240 g/mol. The van der Waals surface area contributed by atoms with E-state index in [0.717, 1.165) is 24.1 Å². The average Bonchev–Trinajstić information content (AvgIpc) is 2.51. The standard InChI is InChI=1S/C12H17ClN2O2/c1-4-5-8-17-11(16)7-6-10-9(2)14-15(3)12(10)13/h6-7H,4-5,8H2,1-3H3/b7-6+. The van der Waals surface area contributed by atoms with Gasteiger partial charge in [-0.3, -0.25) is 4.68 Å². The zero-order valence-corrected chi connectivity index (χ0v) is 11.1. The highest BCUT2D eigenvalue weighted by Crippen LogP contribution is 2.19. The molecule has 0 spiro atoms. The van der Waals surface area contributed by atoms with Crippen molar-refractivity contribution in [1.29, 1.82) is 0 Å². The summed E-state index contributed by atoms with van der Waals surface area (Å²) in [7, 11) is 1.76. The molecule has 0 saturated carbocycles. The Bertz CT molecular complexity index is 424. The van der Waals surface area contributed by atoms with Crippen molar-refractivity contribution in [1.82, 2.24) is 9.78 Å². The van der Waals surface area contributed by atoms with E-state index in [9.17, 15) is 4.79 Å². The molecule has 0 saturated heterocycles. The fraction of sp³-hybridized carbons (Fsp3) is 0.500. The number of aryl methyl sites for hydroxylation is 2. The van der Waals surface area contributed by atoms with E-state index in [1.807, 2.05) is 13.8 Å². The van der Waals surface area contributed by atoms with Crippen LogP contribution in [0.1, 0.15) is 31.0 Å². The minimum absolute atomic E-state index is 0.349. The fourth-order valence-corrected chi connectivity index (χ4v) is 1.59. The molecule has 0 aliphatic rings. The van der Waals surface area contributed by atoms with Crippen LogP contribution in [-0.4, -0.2) is 22.4 Å². The van der Waals surface area contributed by atoms with Gasteiger partial charge in [0.05, 0.1) is 12.3 Å². The molecule has 0 aliphatic carbocycles. The van der Waals surface area contributed by atoms with E-state index >= 15 is 0 Å². The lowest BCUT2D eigenvalue weighted by atomic mass is 10.2. The zero-order valence-electron chi connectivity index (χ0n) is 10.4. The molecule has 17 heavy (non-hydrogen) atoms. The second-order valence-electron chi connectivity index (χ2n) is 3.77. The third-order valence-electron chi connectivity index (χ3n) is 2.32. The first-order valence-corrected chi connectivity index (χ1v) is 5.98. The van der Waals surface area contributed by atoms with Crippen molar-refractivity contribution in [3.63, 3.8) is 0 Å². The minimum Gasteiger partial charge on any atom is -0.463 e. The highest BCUT2D eigenvalue weighted by Gasteiger charge is 2.08. The Kier molecular flexibility index (Phi) is 5.22. The molecular formula is C12H17ClN2O2. The van der Waals surface area contributed by atoms with Crippen LogP contribution < -0.4 is 0 Å². The SMILES string of the molecule is CCCCOC(=O)/C=C/c1c(C)nn(C)c1Cl. The Morgan fingerprint density at radius 1 is 1.59 bits per heavy atom. The number of ether oxygens (including phenoxy) is 1. The highest BCUT2D eigenvalue weighted by molar-refractivity contribution is 6.31. The van der Waals surface area contributed by atoms with E-state index in [4.69, 9.17) is 16.3 Å². The lowest BCUT2D eigenvalue weighted by Gasteiger charge is -1.99. The van der Waals surface area contributed by atoms with Gasteiger partial charge in [-0.2, -0.15) is 5.10 Å². The summed E-state index contributed by atoms with van der Waals surface area (Å²) in [6, 6.07) is 0. The number of halogens is 1. The molecule has 0 N–H and O–H groups in total. The highest BCUT2D eigenvalue weighted by atomic mass is 35.5. The van der Waals surface area contributed by atoms with Crippen LogP contribution >= 0.6 is 11.6 Å². The maximum atomic E-state index is 11.3. The van der Waals surface area contributed by atoms with E-state index in [1.54, 1.807) is 17.8 Å². The second-order valence-corrected chi connectivity index (χ2v) is 4.13. The fourth-order valence-electron chi connectivity index (χ4n) is 1.35. The van der Waals surface area contributed by atoms with Gasteiger partial charge in [0.1, 0.15) is 5.15 Å². The van der Waals surface area contributed by atoms with Gasteiger partial charge in [0.25, 0.3) is 0 Å². The Balaban J connectivity index is 2.61. The Morgan fingerprint density at radius 2 is 2.29 bits per heavy atom. The Labute approximate surface area is 106 Å². The van der Waals surface area contributed by atoms with Gasteiger partial charge in [0.2, 0.25) is 0 Å². The summed E-state index contributed by atoms with van der Waals surface area (Å²) >= 11 is 6.02. The average molecular weight is 257 g/mol. The number of hydrogen-bond acceptors (Lipinski definition) is 3. The molecule has 1 rings (SSSR count). The number of aromatic nitrogens is 2.